The van der Waals surface area contributed by atoms with Crippen molar-refractivity contribution >= 4 is 27.7 Å². The van der Waals surface area contributed by atoms with E-state index in [9.17, 15) is 13.2 Å². The lowest BCUT2D eigenvalue weighted by Crippen LogP contribution is -2.07. The van der Waals surface area contributed by atoms with E-state index in [2.05, 4.69) is 20.9 Å². The van der Waals surface area contributed by atoms with E-state index in [1.54, 1.807) is 12.1 Å². The van der Waals surface area contributed by atoms with Gasteiger partial charge in [-0.1, -0.05) is 17.8 Å². The van der Waals surface area contributed by atoms with Crippen LogP contribution >= 0.6 is 27.7 Å². The van der Waals surface area contributed by atoms with Crippen LogP contribution in [0.4, 0.5) is 13.2 Å². The van der Waals surface area contributed by atoms with Gasteiger partial charge in [0.05, 0.1) is 12.2 Å². The molecule has 1 heterocycles. The van der Waals surface area contributed by atoms with Crippen LogP contribution in [0.1, 0.15) is 11.1 Å². The summed E-state index contributed by atoms with van der Waals surface area (Å²) in [5, 5.41) is 9.42. The molecule has 0 fully saturated rings. The van der Waals surface area contributed by atoms with Gasteiger partial charge >= 0.3 is 6.18 Å². The number of rotatable bonds is 3. The largest absolute Gasteiger partial charge is 0.417 e. The van der Waals surface area contributed by atoms with Crippen LogP contribution in [-0.4, -0.2) is 10.1 Å². The Morgan fingerprint density at radius 2 is 1.95 bits per heavy atom. The molecule has 0 aliphatic heterocycles. The number of benzene rings is 1. The maximum atomic E-state index is 13.0. The third kappa shape index (κ3) is 3.74. The monoisotopic (exact) mass is 363 g/mol. The second-order valence-corrected chi connectivity index (χ2v) is 5.88. The number of alkyl halides is 3. The quantitative estimate of drug-likeness (QED) is 0.870. The zero-order chi connectivity index (χ0) is 14.8. The fourth-order valence-corrected chi connectivity index (χ4v) is 2.64. The molecule has 1 aromatic carbocycles. The maximum absolute atomic E-state index is 13.0. The zero-order valence-electron chi connectivity index (χ0n) is 9.99. The normalized spacial score (nSPS) is 11.7. The lowest BCUT2D eigenvalue weighted by molar-refractivity contribution is -0.139. The summed E-state index contributed by atoms with van der Waals surface area (Å²) in [5.74, 6) is 0. The molecule has 0 amide bonds. The summed E-state index contributed by atoms with van der Waals surface area (Å²) in [6, 6.07) is 7.12. The van der Waals surface area contributed by atoms with Crippen molar-refractivity contribution < 1.29 is 18.3 Å². The minimum Gasteiger partial charge on any atom is -0.392 e. The number of aliphatic hydroxyl groups excluding tert-OH is 1. The fraction of sp³-hybridized carbons (Fsp3) is 0.154. The number of halogens is 4. The van der Waals surface area contributed by atoms with E-state index in [1.165, 1.54) is 18.3 Å². The summed E-state index contributed by atoms with van der Waals surface area (Å²) in [6.45, 7) is -0.426. The van der Waals surface area contributed by atoms with E-state index in [0.29, 0.717) is 5.03 Å². The molecule has 0 radical (unpaired) electrons. The van der Waals surface area contributed by atoms with Gasteiger partial charge in [-0.25, -0.2) is 4.98 Å². The molecule has 20 heavy (non-hydrogen) atoms. The number of aromatic nitrogens is 1. The Morgan fingerprint density at radius 3 is 2.50 bits per heavy atom. The molecular formula is C13H9BrF3NOS. The van der Waals surface area contributed by atoms with Gasteiger partial charge in [0, 0.05) is 15.6 Å². The topological polar surface area (TPSA) is 33.1 Å². The molecule has 2 nitrogen and oxygen atoms in total. The predicted molar refractivity (Wildman–Crippen MR) is 73.4 cm³/mol. The van der Waals surface area contributed by atoms with Crippen molar-refractivity contribution in [3.63, 3.8) is 0 Å². The van der Waals surface area contributed by atoms with Crippen molar-refractivity contribution in [1.29, 1.82) is 0 Å². The highest BCUT2D eigenvalue weighted by atomic mass is 79.9. The highest BCUT2D eigenvalue weighted by Crippen LogP contribution is 2.39. The van der Waals surface area contributed by atoms with Crippen molar-refractivity contribution in [3.8, 4) is 0 Å². The Labute approximate surface area is 126 Å². The predicted octanol–water partition coefficient (Wildman–Crippen LogP) is 4.51. The zero-order valence-corrected chi connectivity index (χ0v) is 12.4. The summed E-state index contributed by atoms with van der Waals surface area (Å²) >= 11 is 4.15. The summed E-state index contributed by atoms with van der Waals surface area (Å²) < 4.78 is 39.8. The molecule has 0 saturated heterocycles. The molecular weight excluding hydrogens is 355 g/mol. The van der Waals surface area contributed by atoms with Crippen LogP contribution in [0.25, 0.3) is 0 Å². The molecule has 2 rings (SSSR count). The van der Waals surface area contributed by atoms with E-state index in [0.717, 1.165) is 22.3 Å². The second kappa shape index (κ2) is 6.15. The van der Waals surface area contributed by atoms with Crippen LogP contribution in [0.5, 0.6) is 0 Å². The Morgan fingerprint density at radius 1 is 1.20 bits per heavy atom. The molecule has 0 spiro atoms. The summed E-state index contributed by atoms with van der Waals surface area (Å²) in [5.41, 5.74) is -0.538. The smallest absolute Gasteiger partial charge is 0.392 e. The summed E-state index contributed by atoms with van der Waals surface area (Å²) in [6.07, 6.45) is -2.94. The van der Waals surface area contributed by atoms with Crippen molar-refractivity contribution in [1.82, 2.24) is 4.98 Å². The van der Waals surface area contributed by atoms with E-state index < -0.39 is 18.3 Å². The first kappa shape index (κ1) is 15.3. The highest BCUT2D eigenvalue weighted by Gasteiger charge is 2.34. The fourth-order valence-electron chi connectivity index (χ4n) is 1.52. The molecule has 7 heteroatoms. The van der Waals surface area contributed by atoms with Crippen LogP contribution < -0.4 is 0 Å². The maximum Gasteiger partial charge on any atom is 0.417 e. The van der Waals surface area contributed by atoms with Crippen LogP contribution in [-0.2, 0) is 12.8 Å². The number of hydrogen-bond donors (Lipinski definition) is 1. The Kier molecular flexibility index (Phi) is 4.72. The molecule has 0 bridgehead atoms. The SMILES string of the molecule is OCc1ccc(Sc2ccc(Br)cn2)c(C(F)(F)F)c1. The van der Waals surface area contributed by atoms with E-state index in [1.807, 2.05) is 0 Å². The molecule has 1 N–H and O–H groups in total. The minimum atomic E-state index is -4.47. The molecule has 2 aromatic rings. The average molecular weight is 364 g/mol. The van der Waals surface area contributed by atoms with Gasteiger partial charge in [0.2, 0.25) is 0 Å². The third-order valence-electron chi connectivity index (χ3n) is 2.45. The minimum absolute atomic E-state index is 0.0597. The molecule has 0 unspecified atom stereocenters. The molecule has 0 saturated carbocycles. The average Bonchev–Trinajstić information content (AvgIpc) is 2.40. The Balaban J connectivity index is 2.38. The first-order chi connectivity index (χ1) is 9.40. The van der Waals surface area contributed by atoms with Crippen LogP contribution in [0.2, 0.25) is 0 Å². The molecule has 106 valence electrons. The lowest BCUT2D eigenvalue weighted by atomic mass is 10.1. The van der Waals surface area contributed by atoms with Crippen molar-refractivity contribution in [2.45, 2.75) is 22.7 Å². The standard InChI is InChI=1S/C13H9BrF3NOS/c14-9-2-4-12(18-6-9)20-11-3-1-8(7-19)5-10(11)13(15,16)17/h1-6,19H,7H2. The van der Waals surface area contributed by atoms with Gasteiger partial charge in [0.25, 0.3) is 0 Å². The van der Waals surface area contributed by atoms with Crippen LogP contribution in [0.15, 0.2) is 50.9 Å². The number of hydrogen-bond acceptors (Lipinski definition) is 3. The van der Waals surface area contributed by atoms with Crippen molar-refractivity contribution in [2.75, 3.05) is 0 Å². The summed E-state index contributed by atoms with van der Waals surface area (Å²) in [7, 11) is 0. The third-order valence-corrected chi connectivity index (χ3v) is 3.94. The van der Waals surface area contributed by atoms with Gasteiger partial charge < -0.3 is 5.11 Å². The first-order valence-corrected chi connectivity index (χ1v) is 7.11. The summed E-state index contributed by atoms with van der Waals surface area (Å²) in [4.78, 5) is 4.10. The van der Waals surface area contributed by atoms with E-state index >= 15 is 0 Å². The molecule has 0 atom stereocenters. The first-order valence-electron chi connectivity index (χ1n) is 5.50. The van der Waals surface area contributed by atoms with Crippen LogP contribution in [0, 0.1) is 0 Å². The van der Waals surface area contributed by atoms with Crippen molar-refractivity contribution in [3.05, 3.63) is 52.1 Å². The molecule has 0 aliphatic carbocycles. The Hall–Kier alpha value is -1.05. The molecule has 0 aliphatic rings. The van der Waals surface area contributed by atoms with Crippen molar-refractivity contribution in [2.24, 2.45) is 0 Å². The number of pyridine rings is 1. The van der Waals surface area contributed by atoms with E-state index in [4.69, 9.17) is 5.11 Å². The second-order valence-electron chi connectivity index (χ2n) is 3.90. The van der Waals surface area contributed by atoms with Gasteiger partial charge in [-0.3, -0.25) is 0 Å². The number of nitrogens with zero attached hydrogens (tertiary/aromatic N) is 1. The van der Waals surface area contributed by atoms with Gasteiger partial charge in [0.1, 0.15) is 5.03 Å². The Bertz CT molecular complexity index is 602. The van der Waals surface area contributed by atoms with E-state index in [-0.39, 0.29) is 10.5 Å². The van der Waals surface area contributed by atoms with Gasteiger partial charge in [-0.2, -0.15) is 13.2 Å². The molecule has 1 aromatic heterocycles. The number of aliphatic hydroxyl groups is 1. The van der Waals surface area contributed by atoms with Gasteiger partial charge in [-0.15, -0.1) is 0 Å². The van der Waals surface area contributed by atoms with Gasteiger partial charge in [-0.05, 0) is 45.8 Å². The lowest BCUT2D eigenvalue weighted by Gasteiger charge is -2.13. The highest BCUT2D eigenvalue weighted by molar-refractivity contribution is 9.10. The van der Waals surface area contributed by atoms with Gasteiger partial charge in [0.15, 0.2) is 0 Å². The van der Waals surface area contributed by atoms with Crippen LogP contribution in [0.3, 0.4) is 0 Å².